The zero-order valence-corrected chi connectivity index (χ0v) is 14.1. The third kappa shape index (κ3) is 5.40. The Bertz CT molecular complexity index is 669. The zero-order valence-electron chi connectivity index (χ0n) is 14.1. The quantitative estimate of drug-likeness (QED) is 0.621. The van der Waals surface area contributed by atoms with Gasteiger partial charge in [-0.2, -0.15) is 4.73 Å². The molecule has 0 aliphatic heterocycles. The van der Waals surface area contributed by atoms with Crippen LogP contribution in [0.25, 0.3) is 0 Å². The van der Waals surface area contributed by atoms with Crippen LogP contribution in [0.2, 0.25) is 0 Å². The molecular formula is C18H23NO5. The van der Waals surface area contributed by atoms with Crippen molar-refractivity contribution in [3.05, 3.63) is 64.1 Å². The first kappa shape index (κ1) is 18.0. The molecular weight excluding hydrogens is 310 g/mol. The summed E-state index contributed by atoms with van der Waals surface area (Å²) in [5.74, 6) is 0.293. The van der Waals surface area contributed by atoms with E-state index >= 15 is 0 Å². The molecule has 0 atom stereocenters. The van der Waals surface area contributed by atoms with Gasteiger partial charge in [-0.05, 0) is 12.5 Å². The molecule has 0 N–H and O–H groups in total. The van der Waals surface area contributed by atoms with Crippen molar-refractivity contribution in [2.24, 2.45) is 0 Å². The van der Waals surface area contributed by atoms with Crippen LogP contribution in [0, 0.1) is 6.92 Å². The minimum absolute atomic E-state index is 0.167. The van der Waals surface area contributed by atoms with Gasteiger partial charge in [0.25, 0.3) is 0 Å². The summed E-state index contributed by atoms with van der Waals surface area (Å²) < 4.78 is 17.5. The molecule has 0 bridgehead atoms. The second kappa shape index (κ2) is 9.75. The van der Waals surface area contributed by atoms with Crippen molar-refractivity contribution < 1.29 is 19.0 Å². The van der Waals surface area contributed by atoms with Crippen LogP contribution in [0.4, 0.5) is 0 Å². The van der Waals surface area contributed by atoms with Gasteiger partial charge in [-0.15, -0.1) is 0 Å². The van der Waals surface area contributed by atoms with Crippen LogP contribution >= 0.6 is 0 Å². The van der Waals surface area contributed by atoms with Gasteiger partial charge < -0.3 is 19.0 Å². The van der Waals surface area contributed by atoms with Crippen LogP contribution in [-0.2, 0) is 16.1 Å². The predicted molar refractivity (Wildman–Crippen MR) is 90.4 cm³/mol. The largest absolute Gasteiger partial charge is 0.483 e. The number of benzene rings is 1. The van der Waals surface area contributed by atoms with Gasteiger partial charge in [-0.3, -0.25) is 4.79 Å². The van der Waals surface area contributed by atoms with E-state index in [1.165, 1.54) is 10.8 Å². The Labute approximate surface area is 141 Å². The minimum atomic E-state index is -0.167. The lowest BCUT2D eigenvalue weighted by Crippen LogP contribution is -2.23. The first-order valence-electron chi connectivity index (χ1n) is 7.81. The molecule has 6 nitrogen and oxygen atoms in total. The monoisotopic (exact) mass is 333 g/mol. The molecule has 0 unspecified atom stereocenters. The fraction of sp³-hybridized carbons (Fsp3) is 0.389. The minimum Gasteiger partial charge on any atom is -0.483 e. The summed E-state index contributed by atoms with van der Waals surface area (Å²) in [7, 11) is 1.63. The van der Waals surface area contributed by atoms with E-state index in [0.717, 1.165) is 5.56 Å². The molecule has 6 heteroatoms. The fourth-order valence-electron chi connectivity index (χ4n) is 2.09. The van der Waals surface area contributed by atoms with Gasteiger partial charge in [0.05, 0.1) is 25.5 Å². The van der Waals surface area contributed by atoms with Crippen molar-refractivity contribution in [1.29, 1.82) is 0 Å². The third-order valence-electron chi connectivity index (χ3n) is 3.36. The van der Waals surface area contributed by atoms with E-state index in [0.29, 0.717) is 44.5 Å². The van der Waals surface area contributed by atoms with Gasteiger partial charge in [0.1, 0.15) is 13.2 Å². The van der Waals surface area contributed by atoms with Crippen molar-refractivity contribution in [2.45, 2.75) is 13.5 Å². The summed E-state index contributed by atoms with van der Waals surface area (Å²) in [6, 6.07) is 11.1. The maximum absolute atomic E-state index is 12.0. The lowest BCUT2D eigenvalue weighted by Gasteiger charge is -2.15. The second-order valence-electron chi connectivity index (χ2n) is 5.13. The summed E-state index contributed by atoms with van der Waals surface area (Å²) in [5, 5.41) is 0. The Kier molecular flexibility index (Phi) is 7.32. The molecule has 2 rings (SSSR count). The number of hydrogen-bond donors (Lipinski definition) is 0. The Morgan fingerprint density at radius 1 is 1.00 bits per heavy atom. The third-order valence-corrected chi connectivity index (χ3v) is 3.36. The molecule has 1 aromatic heterocycles. The Hall–Kier alpha value is -2.31. The molecule has 0 radical (unpaired) electrons. The maximum Gasteiger partial charge on any atom is 0.223 e. The smallest absolute Gasteiger partial charge is 0.223 e. The fourth-order valence-corrected chi connectivity index (χ4v) is 2.09. The second-order valence-corrected chi connectivity index (χ2v) is 5.13. The van der Waals surface area contributed by atoms with Crippen LogP contribution in [0.3, 0.4) is 0 Å². The Morgan fingerprint density at radius 3 is 2.50 bits per heavy atom. The highest BCUT2D eigenvalue weighted by Gasteiger charge is 2.10. The first-order valence-corrected chi connectivity index (χ1v) is 7.81. The number of nitrogens with zero attached hydrogens (tertiary/aromatic N) is 1. The van der Waals surface area contributed by atoms with Crippen molar-refractivity contribution in [3.63, 3.8) is 0 Å². The number of ether oxygens (including phenoxy) is 3. The van der Waals surface area contributed by atoms with Crippen LogP contribution in [-0.4, -0.2) is 38.3 Å². The average Bonchev–Trinajstić information content (AvgIpc) is 2.60. The first-order chi connectivity index (χ1) is 11.7. The highest BCUT2D eigenvalue weighted by molar-refractivity contribution is 5.27. The van der Waals surface area contributed by atoms with Gasteiger partial charge >= 0.3 is 0 Å². The number of rotatable bonds is 10. The highest BCUT2D eigenvalue weighted by atomic mass is 16.7. The van der Waals surface area contributed by atoms with Gasteiger partial charge in [-0.25, -0.2) is 0 Å². The molecule has 2 aromatic rings. The van der Waals surface area contributed by atoms with Crippen molar-refractivity contribution in [2.75, 3.05) is 33.5 Å². The van der Waals surface area contributed by atoms with E-state index in [4.69, 9.17) is 19.0 Å². The molecule has 0 amide bonds. The van der Waals surface area contributed by atoms with Crippen molar-refractivity contribution in [1.82, 2.24) is 4.73 Å². The standard InChI is InChI=1S/C18H23NO5/c1-15-18(23-14-16-6-4-3-5-7-16)17(20)8-9-19(15)24-13-12-22-11-10-21-2/h3-9H,10-14H2,1-2H3. The van der Waals surface area contributed by atoms with E-state index in [-0.39, 0.29) is 5.43 Å². The lowest BCUT2D eigenvalue weighted by molar-refractivity contribution is 0.0163. The number of aromatic nitrogens is 1. The summed E-state index contributed by atoms with van der Waals surface area (Å²) in [4.78, 5) is 17.6. The molecule has 0 fully saturated rings. The number of pyridine rings is 1. The van der Waals surface area contributed by atoms with Crippen molar-refractivity contribution in [3.8, 4) is 5.75 Å². The lowest BCUT2D eigenvalue weighted by atomic mass is 10.2. The molecule has 1 heterocycles. The molecule has 0 saturated carbocycles. The Morgan fingerprint density at radius 2 is 1.75 bits per heavy atom. The van der Waals surface area contributed by atoms with Gasteiger partial charge in [-0.1, -0.05) is 30.3 Å². The van der Waals surface area contributed by atoms with Crippen molar-refractivity contribution >= 4 is 0 Å². The molecule has 0 saturated heterocycles. The van der Waals surface area contributed by atoms with E-state index < -0.39 is 0 Å². The molecule has 0 aliphatic carbocycles. The molecule has 24 heavy (non-hydrogen) atoms. The van der Waals surface area contributed by atoms with E-state index in [9.17, 15) is 4.79 Å². The van der Waals surface area contributed by atoms with Crippen LogP contribution in [0.5, 0.6) is 5.75 Å². The topological polar surface area (TPSA) is 58.9 Å². The van der Waals surface area contributed by atoms with Gasteiger partial charge in [0.15, 0.2) is 5.75 Å². The number of methoxy groups -OCH3 is 1. The van der Waals surface area contributed by atoms with E-state index in [1.807, 2.05) is 30.3 Å². The predicted octanol–water partition coefficient (Wildman–Crippen LogP) is 1.83. The SMILES string of the molecule is COCCOCCOn1ccc(=O)c(OCc2ccccc2)c1C. The molecule has 130 valence electrons. The van der Waals surface area contributed by atoms with Crippen LogP contribution < -0.4 is 15.0 Å². The highest BCUT2D eigenvalue weighted by Crippen LogP contribution is 2.13. The molecule has 0 aliphatic rings. The van der Waals surface area contributed by atoms with E-state index in [1.54, 1.807) is 20.2 Å². The summed E-state index contributed by atoms with van der Waals surface area (Å²) in [5.41, 5.74) is 1.45. The maximum atomic E-state index is 12.0. The summed E-state index contributed by atoms with van der Waals surface area (Å²) >= 11 is 0. The molecule has 0 spiro atoms. The normalized spacial score (nSPS) is 10.6. The van der Waals surface area contributed by atoms with Crippen LogP contribution in [0.1, 0.15) is 11.3 Å². The zero-order chi connectivity index (χ0) is 17.2. The van der Waals surface area contributed by atoms with Gasteiger partial charge in [0, 0.05) is 19.4 Å². The van der Waals surface area contributed by atoms with Gasteiger partial charge in [0.2, 0.25) is 5.43 Å². The summed E-state index contributed by atoms with van der Waals surface area (Å²) in [6.45, 7) is 4.00. The summed E-state index contributed by atoms with van der Waals surface area (Å²) in [6.07, 6.45) is 1.59. The van der Waals surface area contributed by atoms with Crippen LogP contribution in [0.15, 0.2) is 47.4 Å². The van der Waals surface area contributed by atoms with E-state index in [2.05, 4.69) is 0 Å². The Balaban J connectivity index is 1.92. The molecule has 1 aromatic carbocycles. The number of hydrogen-bond acceptors (Lipinski definition) is 5. The average molecular weight is 333 g/mol.